The fourth-order valence-corrected chi connectivity index (χ4v) is 3.29. The number of rotatable bonds is 5. The van der Waals surface area contributed by atoms with Crippen molar-refractivity contribution in [3.63, 3.8) is 0 Å². The minimum absolute atomic E-state index is 0.191. The minimum Gasteiger partial charge on any atom is -0.382 e. The first-order valence-corrected chi connectivity index (χ1v) is 8.15. The van der Waals surface area contributed by atoms with Gasteiger partial charge in [-0.3, -0.25) is 4.79 Å². The molecule has 0 aromatic carbocycles. The van der Waals surface area contributed by atoms with E-state index in [4.69, 9.17) is 6.42 Å². The van der Waals surface area contributed by atoms with Gasteiger partial charge in [0.15, 0.2) is 0 Å². The molecule has 0 amide bonds. The second kappa shape index (κ2) is 6.20. The third kappa shape index (κ3) is 3.30. The molecule has 1 saturated heterocycles. The molecular formula is C15H19BrN4O. The topological polar surface area (TPSA) is 50.2 Å². The van der Waals surface area contributed by atoms with Gasteiger partial charge >= 0.3 is 0 Å². The maximum absolute atomic E-state index is 12.0. The molecule has 1 aromatic rings. The van der Waals surface area contributed by atoms with Crippen molar-refractivity contribution in [2.24, 2.45) is 5.92 Å². The standard InChI is InChI=1S/C15H19BrN4O/c1-2-6-20-15(21)14(16)13(9-18-20)17-8-11-5-7-19(10-11)12-3-4-12/h1,9,11-12,17H,3-8,10H2. The molecule has 1 N–H and O–H groups in total. The molecule has 1 unspecified atom stereocenters. The van der Waals surface area contributed by atoms with E-state index in [9.17, 15) is 4.79 Å². The number of halogens is 1. The lowest BCUT2D eigenvalue weighted by Gasteiger charge is -2.16. The predicted octanol–water partition coefficient (Wildman–Crippen LogP) is 1.54. The molecule has 1 aromatic heterocycles. The molecule has 6 heteroatoms. The van der Waals surface area contributed by atoms with Crippen LogP contribution in [0.1, 0.15) is 19.3 Å². The number of terminal acetylenes is 1. The Morgan fingerprint density at radius 1 is 1.48 bits per heavy atom. The predicted molar refractivity (Wildman–Crippen MR) is 86.2 cm³/mol. The molecule has 2 fully saturated rings. The van der Waals surface area contributed by atoms with Gasteiger partial charge in [-0.05, 0) is 47.7 Å². The lowest BCUT2D eigenvalue weighted by atomic mass is 10.1. The quantitative estimate of drug-likeness (QED) is 0.818. The van der Waals surface area contributed by atoms with E-state index in [1.54, 1.807) is 6.20 Å². The van der Waals surface area contributed by atoms with Crippen LogP contribution in [0.25, 0.3) is 0 Å². The van der Waals surface area contributed by atoms with E-state index >= 15 is 0 Å². The number of aromatic nitrogens is 2. The highest BCUT2D eigenvalue weighted by Gasteiger charge is 2.34. The highest BCUT2D eigenvalue weighted by Crippen LogP contribution is 2.31. The van der Waals surface area contributed by atoms with Crippen LogP contribution in [0.3, 0.4) is 0 Å². The largest absolute Gasteiger partial charge is 0.382 e. The summed E-state index contributed by atoms with van der Waals surface area (Å²) in [6.07, 6.45) is 10.8. The Morgan fingerprint density at radius 2 is 2.29 bits per heavy atom. The zero-order chi connectivity index (χ0) is 14.8. The molecular weight excluding hydrogens is 332 g/mol. The lowest BCUT2D eigenvalue weighted by molar-refractivity contribution is 0.316. The van der Waals surface area contributed by atoms with Crippen molar-refractivity contribution in [3.05, 3.63) is 21.0 Å². The summed E-state index contributed by atoms with van der Waals surface area (Å²) < 4.78 is 1.78. The van der Waals surface area contributed by atoms with Crippen LogP contribution >= 0.6 is 15.9 Å². The number of anilines is 1. The summed E-state index contributed by atoms with van der Waals surface area (Å²) in [5.74, 6) is 3.07. The van der Waals surface area contributed by atoms with Crippen molar-refractivity contribution in [1.82, 2.24) is 14.7 Å². The molecule has 1 atom stereocenters. The van der Waals surface area contributed by atoms with Gasteiger partial charge in [-0.1, -0.05) is 5.92 Å². The summed E-state index contributed by atoms with van der Waals surface area (Å²) in [4.78, 5) is 14.6. The zero-order valence-electron chi connectivity index (χ0n) is 11.9. The van der Waals surface area contributed by atoms with Crippen molar-refractivity contribution in [2.45, 2.75) is 31.8 Å². The minimum atomic E-state index is -0.191. The van der Waals surface area contributed by atoms with Gasteiger partial charge < -0.3 is 10.2 Å². The van der Waals surface area contributed by atoms with Crippen LogP contribution in [0, 0.1) is 18.3 Å². The highest BCUT2D eigenvalue weighted by atomic mass is 79.9. The Balaban J connectivity index is 1.59. The molecule has 1 aliphatic carbocycles. The molecule has 0 radical (unpaired) electrons. The fraction of sp³-hybridized carbons (Fsp3) is 0.600. The van der Waals surface area contributed by atoms with Gasteiger partial charge in [0.05, 0.1) is 11.9 Å². The second-order valence-corrected chi connectivity index (χ2v) is 6.59. The summed E-state index contributed by atoms with van der Waals surface area (Å²) in [5.41, 5.74) is 0.558. The Morgan fingerprint density at radius 3 is 3.00 bits per heavy atom. The maximum atomic E-state index is 12.0. The number of nitrogens with one attached hydrogen (secondary N) is 1. The Hall–Kier alpha value is -1.32. The van der Waals surface area contributed by atoms with Crippen LogP contribution in [-0.4, -0.2) is 40.4 Å². The fourth-order valence-electron chi connectivity index (χ4n) is 2.84. The van der Waals surface area contributed by atoms with E-state index in [1.807, 2.05) is 0 Å². The third-order valence-corrected chi connectivity index (χ3v) is 4.95. The normalized spacial score (nSPS) is 22.2. The van der Waals surface area contributed by atoms with Crippen LogP contribution in [0.4, 0.5) is 5.69 Å². The Kier molecular flexibility index (Phi) is 4.32. The van der Waals surface area contributed by atoms with Crippen LogP contribution in [-0.2, 0) is 6.54 Å². The van der Waals surface area contributed by atoms with Crippen molar-refractivity contribution >= 4 is 21.6 Å². The van der Waals surface area contributed by atoms with Crippen LogP contribution in [0.2, 0.25) is 0 Å². The summed E-state index contributed by atoms with van der Waals surface area (Å²) in [5, 5.41) is 7.43. The van der Waals surface area contributed by atoms with E-state index in [0.29, 0.717) is 10.4 Å². The van der Waals surface area contributed by atoms with Crippen molar-refractivity contribution in [3.8, 4) is 12.3 Å². The SMILES string of the molecule is C#CCn1ncc(NCC2CCN(C3CC3)C2)c(Br)c1=O. The van der Waals surface area contributed by atoms with Crippen molar-refractivity contribution < 1.29 is 0 Å². The smallest absolute Gasteiger partial charge is 0.284 e. The molecule has 1 saturated carbocycles. The third-order valence-electron chi connectivity index (χ3n) is 4.19. The molecule has 5 nitrogen and oxygen atoms in total. The summed E-state index contributed by atoms with van der Waals surface area (Å²) >= 11 is 3.34. The van der Waals surface area contributed by atoms with E-state index in [0.717, 1.165) is 24.8 Å². The molecule has 0 bridgehead atoms. The average Bonchev–Trinajstić information content (AvgIpc) is 3.23. The zero-order valence-corrected chi connectivity index (χ0v) is 13.5. The monoisotopic (exact) mass is 350 g/mol. The molecule has 2 aliphatic rings. The number of likely N-dealkylation sites (tertiary alicyclic amines) is 1. The highest BCUT2D eigenvalue weighted by molar-refractivity contribution is 9.10. The van der Waals surface area contributed by atoms with Gasteiger partial charge in [-0.15, -0.1) is 6.42 Å². The maximum Gasteiger partial charge on any atom is 0.284 e. The van der Waals surface area contributed by atoms with Crippen molar-refractivity contribution in [1.29, 1.82) is 0 Å². The van der Waals surface area contributed by atoms with E-state index in [-0.39, 0.29) is 12.1 Å². The Bertz CT molecular complexity index is 617. The molecule has 112 valence electrons. The van der Waals surface area contributed by atoms with Gasteiger partial charge in [-0.25, -0.2) is 4.68 Å². The van der Waals surface area contributed by atoms with E-state index in [1.165, 1.54) is 30.5 Å². The lowest BCUT2D eigenvalue weighted by Crippen LogP contribution is -2.26. The van der Waals surface area contributed by atoms with Gasteiger partial charge in [0, 0.05) is 19.1 Å². The average molecular weight is 351 g/mol. The molecule has 1 aliphatic heterocycles. The second-order valence-electron chi connectivity index (χ2n) is 5.80. The van der Waals surface area contributed by atoms with E-state index < -0.39 is 0 Å². The first kappa shape index (κ1) is 14.6. The van der Waals surface area contributed by atoms with Gasteiger partial charge in [-0.2, -0.15) is 5.10 Å². The number of nitrogens with zero attached hydrogens (tertiary/aromatic N) is 3. The Labute approximate surface area is 132 Å². The van der Waals surface area contributed by atoms with Gasteiger partial charge in [0.1, 0.15) is 11.0 Å². The first-order valence-electron chi connectivity index (χ1n) is 7.36. The van der Waals surface area contributed by atoms with Crippen LogP contribution in [0.5, 0.6) is 0 Å². The molecule has 2 heterocycles. The number of hydrogen-bond donors (Lipinski definition) is 1. The van der Waals surface area contributed by atoms with Crippen LogP contribution in [0.15, 0.2) is 15.5 Å². The molecule has 0 spiro atoms. The van der Waals surface area contributed by atoms with Gasteiger partial charge in [0.2, 0.25) is 0 Å². The summed E-state index contributed by atoms with van der Waals surface area (Å²) in [7, 11) is 0. The van der Waals surface area contributed by atoms with E-state index in [2.05, 4.69) is 37.2 Å². The molecule has 21 heavy (non-hydrogen) atoms. The first-order chi connectivity index (χ1) is 10.2. The van der Waals surface area contributed by atoms with Gasteiger partial charge in [0.25, 0.3) is 5.56 Å². The molecule has 3 rings (SSSR count). The van der Waals surface area contributed by atoms with Crippen LogP contribution < -0.4 is 10.9 Å². The number of hydrogen-bond acceptors (Lipinski definition) is 4. The van der Waals surface area contributed by atoms with Crippen molar-refractivity contribution in [2.75, 3.05) is 25.0 Å². The summed E-state index contributed by atoms with van der Waals surface area (Å²) in [6, 6.07) is 0.844. The summed E-state index contributed by atoms with van der Waals surface area (Å²) in [6.45, 7) is 3.44.